The van der Waals surface area contributed by atoms with E-state index in [4.69, 9.17) is 0 Å². The van der Waals surface area contributed by atoms with Crippen LogP contribution in [0.4, 0.5) is 0 Å². The smallest absolute Gasteiger partial charge is 0.159 e. The van der Waals surface area contributed by atoms with Gasteiger partial charge in [-0.1, -0.05) is 50.1 Å². The van der Waals surface area contributed by atoms with Crippen molar-refractivity contribution in [2.75, 3.05) is 0 Å². The van der Waals surface area contributed by atoms with Gasteiger partial charge in [-0.3, -0.25) is 9.59 Å². The van der Waals surface area contributed by atoms with Gasteiger partial charge < -0.3 is 0 Å². The Bertz CT molecular complexity index is 506. The van der Waals surface area contributed by atoms with Gasteiger partial charge in [-0.15, -0.1) is 0 Å². The van der Waals surface area contributed by atoms with Crippen LogP contribution in [0.3, 0.4) is 0 Å². The average Bonchev–Trinajstić information content (AvgIpc) is 2.43. The maximum Gasteiger partial charge on any atom is 0.159 e. The third-order valence-electron chi connectivity index (χ3n) is 4.32. The van der Waals surface area contributed by atoms with E-state index in [-0.39, 0.29) is 17.1 Å². The summed E-state index contributed by atoms with van der Waals surface area (Å²) in [5.41, 5.74) is 2.20. The highest BCUT2D eigenvalue weighted by Gasteiger charge is 2.22. The van der Waals surface area contributed by atoms with E-state index >= 15 is 0 Å². The second-order valence-corrected chi connectivity index (χ2v) is 7.27. The number of Topliss-reactive ketones (excluding diaryl/α,β-unsaturated/α-hetero) is 1. The molecule has 0 saturated heterocycles. The van der Waals surface area contributed by atoms with Gasteiger partial charge in [0.15, 0.2) is 5.78 Å². The molecule has 0 fully saturated rings. The quantitative estimate of drug-likeness (QED) is 0.669. The zero-order valence-corrected chi connectivity index (χ0v) is 14.7. The Kier molecular flexibility index (Phi) is 6.99. The number of allylic oxidation sites excluding steroid dienone is 6. The highest BCUT2D eigenvalue weighted by atomic mass is 16.1. The summed E-state index contributed by atoms with van der Waals surface area (Å²) in [6.07, 6.45) is 12.0. The van der Waals surface area contributed by atoms with Crippen molar-refractivity contribution >= 4 is 11.6 Å². The standard InChI is InChI=1S/C20H30O2/c1-15(2)19(22)9-12-20(5)10-6-7-16(3)13-18(21)14-17(4)8-11-20/h6,8,10,13,15H,7,9,11-12,14H2,1-5H3. The Hall–Kier alpha value is -1.44. The van der Waals surface area contributed by atoms with Crippen molar-refractivity contribution in [1.29, 1.82) is 0 Å². The number of carbonyl (C=O) groups excluding carboxylic acids is 2. The van der Waals surface area contributed by atoms with Crippen LogP contribution in [0, 0.1) is 11.3 Å². The van der Waals surface area contributed by atoms with E-state index in [0.29, 0.717) is 18.6 Å². The molecule has 0 aromatic rings. The van der Waals surface area contributed by atoms with Crippen LogP contribution in [-0.4, -0.2) is 11.6 Å². The molecule has 1 aliphatic rings. The fourth-order valence-corrected chi connectivity index (χ4v) is 2.62. The van der Waals surface area contributed by atoms with E-state index in [1.54, 1.807) is 6.08 Å². The molecule has 22 heavy (non-hydrogen) atoms. The second-order valence-electron chi connectivity index (χ2n) is 7.27. The Morgan fingerprint density at radius 2 is 1.95 bits per heavy atom. The number of hydrogen-bond donors (Lipinski definition) is 0. The van der Waals surface area contributed by atoms with Crippen LogP contribution in [0.5, 0.6) is 0 Å². The lowest BCUT2D eigenvalue weighted by Crippen LogP contribution is -2.17. The van der Waals surface area contributed by atoms with Gasteiger partial charge in [-0.05, 0) is 44.6 Å². The summed E-state index contributed by atoms with van der Waals surface area (Å²) in [5.74, 6) is 0.615. The summed E-state index contributed by atoms with van der Waals surface area (Å²) in [7, 11) is 0. The molecule has 0 spiro atoms. The molecule has 2 nitrogen and oxygen atoms in total. The van der Waals surface area contributed by atoms with Crippen molar-refractivity contribution in [3.05, 3.63) is 35.5 Å². The van der Waals surface area contributed by atoms with Gasteiger partial charge >= 0.3 is 0 Å². The monoisotopic (exact) mass is 302 g/mol. The molecule has 0 N–H and O–H groups in total. The number of ketones is 2. The molecule has 1 atom stereocenters. The van der Waals surface area contributed by atoms with E-state index in [2.05, 4.69) is 25.2 Å². The first-order valence-corrected chi connectivity index (χ1v) is 8.28. The Morgan fingerprint density at radius 3 is 2.59 bits per heavy atom. The minimum atomic E-state index is -0.0144. The summed E-state index contributed by atoms with van der Waals surface area (Å²) < 4.78 is 0. The van der Waals surface area contributed by atoms with E-state index in [0.717, 1.165) is 30.4 Å². The van der Waals surface area contributed by atoms with Crippen LogP contribution in [0.1, 0.15) is 66.7 Å². The average molecular weight is 302 g/mol. The minimum absolute atomic E-state index is 0.0144. The predicted molar refractivity (Wildman–Crippen MR) is 92.7 cm³/mol. The van der Waals surface area contributed by atoms with Crippen LogP contribution in [0.2, 0.25) is 0 Å². The zero-order valence-electron chi connectivity index (χ0n) is 14.7. The van der Waals surface area contributed by atoms with Crippen LogP contribution >= 0.6 is 0 Å². The van der Waals surface area contributed by atoms with Gasteiger partial charge in [0.1, 0.15) is 5.78 Å². The van der Waals surface area contributed by atoms with E-state index in [9.17, 15) is 9.59 Å². The SMILES string of the molecule is CC1=CC(=O)CC(C)=CCC(C)(CCC(=O)C(C)C)C=CC1. The van der Waals surface area contributed by atoms with Crippen LogP contribution in [-0.2, 0) is 9.59 Å². The van der Waals surface area contributed by atoms with Crippen molar-refractivity contribution in [2.24, 2.45) is 11.3 Å². The van der Waals surface area contributed by atoms with Crippen molar-refractivity contribution in [3.63, 3.8) is 0 Å². The summed E-state index contributed by atoms with van der Waals surface area (Å²) in [5, 5.41) is 0. The lowest BCUT2D eigenvalue weighted by molar-refractivity contribution is -0.122. The number of rotatable bonds is 4. The second kappa shape index (κ2) is 8.26. The molecule has 1 aliphatic carbocycles. The molecular weight excluding hydrogens is 272 g/mol. The van der Waals surface area contributed by atoms with Crippen LogP contribution in [0.15, 0.2) is 35.5 Å². The van der Waals surface area contributed by atoms with Crippen LogP contribution in [0.25, 0.3) is 0 Å². The summed E-state index contributed by atoms with van der Waals surface area (Å²) in [6.45, 7) is 10.1. The molecule has 2 heteroatoms. The van der Waals surface area contributed by atoms with Gasteiger partial charge in [-0.25, -0.2) is 0 Å². The lowest BCUT2D eigenvalue weighted by Gasteiger charge is -2.25. The van der Waals surface area contributed by atoms with Gasteiger partial charge in [0, 0.05) is 18.8 Å². The lowest BCUT2D eigenvalue weighted by atomic mass is 9.79. The molecule has 0 aromatic heterocycles. The topological polar surface area (TPSA) is 34.1 Å². The molecule has 0 saturated carbocycles. The van der Waals surface area contributed by atoms with Crippen molar-refractivity contribution in [3.8, 4) is 0 Å². The molecule has 1 rings (SSSR count). The third-order valence-corrected chi connectivity index (χ3v) is 4.32. The maximum atomic E-state index is 11.9. The highest BCUT2D eigenvalue weighted by molar-refractivity contribution is 5.91. The van der Waals surface area contributed by atoms with E-state index in [1.807, 2.05) is 27.7 Å². The summed E-state index contributed by atoms with van der Waals surface area (Å²) in [6, 6.07) is 0. The predicted octanol–water partition coefficient (Wildman–Crippen LogP) is 5.20. The first kappa shape index (κ1) is 18.6. The Labute approximate surface area is 135 Å². The molecule has 0 heterocycles. The van der Waals surface area contributed by atoms with Crippen molar-refractivity contribution in [1.82, 2.24) is 0 Å². The van der Waals surface area contributed by atoms with E-state index < -0.39 is 0 Å². The van der Waals surface area contributed by atoms with Gasteiger partial charge in [0.25, 0.3) is 0 Å². The Morgan fingerprint density at radius 1 is 1.27 bits per heavy atom. The maximum absolute atomic E-state index is 11.9. The third kappa shape index (κ3) is 6.55. The zero-order chi connectivity index (χ0) is 16.8. The normalized spacial score (nSPS) is 23.8. The molecule has 0 aliphatic heterocycles. The Balaban J connectivity index is 2.90. The molecule has 0 aromatic carbocycles. The highest BCUT2D eigenvalue weighted by Crippen LogP contribution is 2.32. The van der Waals surface area contributed by atoms with Gasteiger partial charge in [0.05, 0.1) is 0 Å². The molecule has 122 valence electrons. The molecule has 0 amide bonds. The minimum Gasteiger partial charge on any atom is -0.299 e. The van der Waals surface area contributed by atoms with Crippen LogP contribution < -0.4 is 0 Å². The number of hydrogen-bond acceptors (Lipinski definition) is 2. The molecule has 0 radical (unpaired) electrons. The first-order valence-electron chi connectivity index (χ1n) is 8.28. The fourth-order valence-electron chi connectivity index (χ4n) is 2.62. The molecular formula is C20H30O2. The summed E-state index contributed by atoms with van der Waals surface area (Å²) in [4.78, 5) is 23.8. The van der Waals surface area contributed by atoms with Gasteiger partial charge in [-0.2, -0.15) is 0 Å². The first-order chi connectivity index (χ1) is 10.2. The van der Waals surface area contributed by atoms with Gasteiger partial charge in [0.2, 0.25) is 0 Å². The van der Waals surface area contributed by atoms with Crippen molar-refractivity contribution < 1.29 is 9.59 Å². The number of carbonyl (C=O) groups is 2. The summed E-state index contributed by atoms with van der Waals surface area (Å²) >= 11 is 0. The molecule has 1 unspecified atom stereocenters. The molecule has 0 bridgehead atoms. The largest absolute Gasteiger partial charge is 0.299 e. The van der Waals surface area contributed by atoms with E-state index in [1.165, 1.54) is 0 Å². The fraction of sp³-hybridized carbons (Fsp3) is 0.600. The van der Waals surface area contributed by atoms with Crippen molar-refractivity contribution in [2.45, 2.75) is 66.7 Å².